The standard InChI is InChI=1S/C18H19F3OS/c19-18(20,21)15-9-11-17(12-10-15)23-14-6-2-5-13-22-16-7-3-1-4-8-16/h1,3-4,7-12H,2,5-6,13-14H2. The summed E-state index contributed by atoms with van der Waals surface area (Å²) >= 11 is 1.59. The predicted molar refractivity (Wildman–Crippen MR) is 88.0 cm³/mol. The first kappa shape index (κ1) is 17.7. The smallest absolute Gasteiger partial charge is 0.416 e. The molecule has 0 saturated carbocycles. The number of alkyl halides is 3. The van der Waals surface area contributed by atoms with Gasteiger partial charge in [-0.15, -0.1) is 11.8 Å². The van der Waals surface area contributed by atoms with Gasteiger partial charge in [0, 0.05) is 4.90 Å². The molecule has 0 unspecified atom stereocenters. The molecule has 1 nitrogen and oxygen atoms in total. The molecule has 0 saturated heterocycles. The van der Waals surface area contributed by atoms with E-state index in [2.05, 4.69) is 0 Å². The Morgan fingerprint density at radius 2 is 1.52 bits per heavy atom. The Hall–Kier alpha value is -1.62. The monoisotopic (exact) mass is 340 g/mol. The topological polar surface area (TPSA) is 9.23 Å². The van der Waals surface area contributed by atoms with Gasteiger partial charge in [-0.1, -0.05) is 18.2 Å². The van der Waals surface area contributed by atoms with Crippen LogP contribution >= 0.6 is 11.8 Å². The van der Waals surface area contributed by atoms with Crippen LogP contribution in [-0.4, -0.2) is 12.4 Å². The Kier molecular flexibility index (Phi) is 6.84. The van der Waals surface area contributed by atoms with Crippen molar-refractivity contribution in [2.24, 2.45) is 0 Å². The van der Waals surface area contributed by atoms with Crippen LogP contribution in [0.1, 0.15) is 24.8 Å². The normalized spacial score (nSPS) is 11.4. The minimum Gasteiger partial charge on any atom is -0.494 e. The fraction of sp³-hybridized carbons (Fsp3) is 0.333. The molecule has 0 spiro atoms. The molecule has 0 amide bonds. The van der Waals surface area contributed by atoms with E-state index in [1.54, 1.807) is 11.8 Å². The molecule has 0 N–H and O–H groups in total. The highest BCUT2D eigenvalue weighted by atomic mass is 32.2. The third kappa shape index (κ3) is 6.57. The van der Waals surface area contributed by atoms with Crippen LogP contribution < -0.4 is 4.74 Å². The lowest BCUT2D eigenvalue weighted by Gasteiger charge is -2.08. The Bertz CT molecular complexity index is 567. The summed E-state index contributed by atoms with van der Waals surface area (Å²) in [4.78, 5) is 0.874. The van der Waals surface area contributed by atoms with Crippen LogP contribution in [0.5, 0.6) is 5.75 Å². The highest BCUT2D eigenvalue weighted by molar-refractivity contribution is 7.99. The number of benzene rings is 2. The number of para-hydroxylation sites is 1. The molecule has 2 rings (SSSR count). The van der Waals surface area contributed by atoms with Gasteiger partial charge in [0.25, 0.3) is 0 Å². The lowest BCUT2D eigenvalue weighted by molar-refractivity contribution is -0.137. The zero-order valence-corrected chi connectivity index (χ0v) is 13.5. The van der Waals surface area contributed by atoms with E-state index in [0.29, 0.717) is 6.61 Å². The quantitative estimate of drug-likeness (QED) is 0.427. The second-order valence-corrected chi connectivity index (χ2v) is 6.26. The first-order valence-electron chi connectivity index (χ1n) is 7.53. The van der Waals surface area contributed by atoms with Gasteiger partial charge in [0.2, 0.25) is 0 Å². The average Bonchev–Trinajstić information content (AvgIpc) is 2.54. The lowest BCUT2D eigenvalue weighted by atomic mass is 10.2. The maximum absolute atomic E-state index is 12.4. The van der Waals surface area contributed by atoms with E-state index < -0.39 is 11.7 Å². The van der Waals surface area contributed by atoms with E-state index in [9.17, 15) is 13.2 Å². The largest absolute Gasteiger partial charge is 0.494 e. The van der Waals surface area contributed by atoms with E-state index in [0.717, 1.165) is 47.8 Å². The fourth-order valence-electron chi connectivity index (χ4n) is 2.02. The van der Waals surface area contributed by atoms with Crippen molar-refractivity contribution in [2.45, 2.75) is 30.3 Å². The van der Waals surface area contributed by atoms with Crippen LogP contribution in [0.15, 0.2) is 59.5 Å². The summed E-state index contributed by atoms with van der Waals surface area (Å²) in [5, 5.41) is 0. The molecule has 0 aliphatic rings. The van der Waals surface area contributed by atoms with Gasteiger partial charge in [0.1, 0.15) is 5.75 Å². The third-order valence-electron chi connectivity index (χ3n) is 3.25. The predicted octanol–water partition coefficient (Wildman–Crippen LogP) is 6.05. The number of rotatable bonds is 8. The van der Waals surface area contributed by atoms with Crippen LogP contribution in [0.25, 0.3) is 0 Å². The molecule has 0 bridgehead atoms. The van der Waals surface area contributed by atoms with Gasteiger partial charge in [-0.2, -0.15) is 13.2 Å². The molecule has 124 valence electrons. The van der Waals surface area contributed by atoms with Crippen LogP contribution in [0.4, 0.5) is 13.2 Å². The Balaban J connectivity index is 1.57. The third-order valence-corrected chi connectivity index (χ3v) is 4.35. The summed E-state index contributed by atoms with van der Waals surface area (Å²) in [5.74, 6) is 1.78. The molecule has 0 fully saturated rings. The summed E-state index contributed by atoms with van der Waals surface area (Å²) in [6.45, 7) is 0.689. The molecule has 0 heterocycles. The molecule has 0 aliphatic heterocycles. The van der Waals surface area contributed by atoms with Crippen molar-refractivity contribution >= 4 is 11.8 Å². The summed E-state index contributed by atoms with van der Waals surface area (Å²) in [5.41, 5.74) is -0.597. The van der Waals surface area contributed by atoms with Crippen LogP contribution in [0.3, 0.4) is 0 Å². The van der Waals surface area contributed by atoms with Gasteiger partial charge in [-0.25, -0.2) is 0 Å². The van der Waals surface area contributed by atoms with E-state index >= 15 is 0 Å². The minimum absolute atomic E-state index is 0.597. The number of hydrogen-bond acceptors (Lipinski definition) is 2. The Morgan fingerprint density at radius 1 is 0.826 bits per heavy atom. The zero-order chi connectivity index (χ0) is 16.5. The lowest BCUT2D eigenvalue weighted by Crippen LogP contribution is -2.03. The van der Waals surface area contributed by atoms with Gasteiger partial charge in [-0.05, 0) is 61.4 Å². The minimum atomic E-state index is -4.26. The van der Waals surface area contributed by atoms with Gasteiger partial charge in [-0.3, -0.25) is 0 Å². The van der Waals surface area contributed by atoms with Crippen molar-refractivity contribution in [2.75, 3.05) is 12.4 Å². The van der Waals surface area contributed by atoms with Crippen LogP contribution in [-0.2, 0) is 6.18 Å². The fourth-order valence-corrected chi connectivity index (χ4v) is 2.93. The summed E-state index contributed by atoms with van der Waals surface area (Å²) in [7, 11) is 0. The molecule has 2 aromatic carbocycles. The van der Waals surface area contributed by atoms with Crippen molar-refractivity contribution in [3.05, 3.63) is 60.2 Å². The maximum Gasteiger partial charge on any atom is 0.416 e. The van der Waals surface area contributed by atoms with Crippen molar-refractivity contribution in [3.8, 4) is 5.75 Å². The van der Waals surface area contributed by atoms with Gasteiger partial charge < -0.3 is 4.74 Å². The maximum atomic E-state index is 12.4. The van der Waals surface area contributed by atoms with Gasteiger partial charge in [0.05, 0.1) is 12.2 Å². The first-order valence-corrected chi connectivity index (χ1v) is 8.52. The molecule has 0 aliphatic carbocycles. The highest BCUT2D eigenvalue weighted by Crippen LogP contribution is 2.30. The molecule has 0 radical (unpaired) electrons. The number of ether oxygens (including phenoxy) is 1. The van der Waals surface area contributed by atoms with E-state index in [4.69, 9.17) is 4.74 Å². The molecule has 2 aromatic rings. The summed E-state index contributed by atoms with van der Waals surface area (Å²) < 4.78 is 42.9. The number of unbranched alkanes of at least 4 members (excludes halogenated alkanes) is 2. The molecule has 5 heteroatoms. The highest BCUT2D eigenvalue weighted by Gasteiger charge is 2.29. The number of halogens is 3. The summed E-state index contributed by atoms with van der Waals surface area (Å²) in [6.07, 6.45) is -1.23. The SMILES string of the molecule is FC(F)(F)c1ccc(SCCCCCOc2ccccc2)cc1. The van der Waals surface area contributed by atoms with E-state index in [1.165, 1.54) is 12.1 Å². The molecule has 0 aromatic heterocycles. The van der Waals surface area contributed by atoms with Crippen molar-refractivity contribution in [1.29, 1.82) is 0 Å². The zero-order valence-electron chi connectivity index (χ0n) is 12.7. The van der Waals surface area contributed by atoms with E-state index in [1.807, 2.05) is 30.3 Å². The second-order valence-electron chi connectivity index (χ2n) is 5.09. The van der Waals surface area contributed by atoms with Crippen molar-refractivity contribution in [3.63, 3.8) is 0 Å². The van der Waals surface area contributed by atoms with Crippen LogP contribution in [0.2, 0.25) is 0 Å². The number of hydrogen-bond donors (Lipinski definition) is 0. The summed E-state index contributed by atoms with van der Waals surface area (Å²) in [6, 6.07) is 15.0. The Morgan fingerprint density at radius 3 is 2.17 bits per heavy atom. The van der Waals surface area contributed by atoms with Crippen LogP contribution in [0, 0.1) is 0 Å². The van der Waals surface area contributed by atoms with Crippen molar-refractivity contribution < 1.29 is 17.9 Å². The average molecular weight is 340 g/mol. The second kappa shape index (κ2) is 8.87. The first-order chi connectivity index (χ1) is 11.1. The van der Waals surface area contributed by atoms with Crippen molar-refractivity contribution in [1.82, 2.24) is 0 Å². The molecule has 0 atom stereocenters. The number of thioether (sulfide) groups is 1. The van der Waals surface area contributed by atoms with Gasteiger partial charge in [0.15, 0.2) is 0 Å². The molecule has 23 heavy (non-hydrogen) atoms. The van der Waals surface area contributed by atoms with Gasteiger partial charge >= 0.3 is 6.18 Å². The Labute approximate surface area is 138 Å². The van der Waals surface area contributed by atoms with E-state index in [-0.39, 0.29) is 0 Å². The molecular weight excluding hydrogens is 321 g/mol. The molecular formula is C18H19F3OS.